The van der Waals surface area contributed by atoms with Crippen LogP contribution in [0, 0.1) is 5.92 Å². The quantitative estimate of drug-likeness (QED) is 0.435. The summed E-state index contributed by atoms with van der Waals surface area (Å²) < 4.78 is 7.07. The summed E-state index contributed by atoms with van der Waals surface area (Å²) in [5.74, 6) is 0.942. The lowest BCUT2D eigenvalue weighted by Crippen LogP contribution is -2.33. The van der Waals surface area contributed by atoms with Crippen molar-refractivity contribution in [3.63, 3.8) is 0 Å². The number of fused-ring (bicyclic) bond motifs is 1. The normalized spacial score (nSPS) is 29.7. The highest BCUT2D eigenvalue weighted by atomic mass is 16.6. The number of rotatable bonds is 5. The molecule has 4 N–H and O–H groups in total. The van der Waals surface area contributed by atoms with Gasteiger partial charge < -0.3 is 20.1 Å². The maximum Gasteiger partial charge on any atom is 0.177 e. The van der Waals surface area contributed by atoms with Crippen molar-refractivity contribution in [2.24, 2.45) is 11.0 Å². The van der Waals surface area contributed by atoms with Gasteiger partial charge >= 0.3 is 0 Å². The molecule has 3 heterocycles. The number of aromatic nitrogens is 4. The molecule has 1 aliphatic carbocycles. The summed E-state index contributed by atoms with van der Waals surface area (Å²) in [5, 5.41) is 33.8. The average Bonchev–Trinajstić information content (AvgIpc) is 3.25. The Hall–Kier alpha value is -2.14. The van der Waals surface area contributed by atoms with Gasteiger partial charge in [-0.1, -0.05) is 19.3 Å². The van der Waals surface area contributed by atoms with E-state index in [4.69, 9.17) is 4.74 Å². The largest absolute Gasteiger partial charge is 0.394 e. The number of nitrogens with one attached hydrogen (secondary N) is 1. The van der Waals surface area contributed by atoms with E-state index in [1.807, 2.05) is 6.21 Å². The van der Waals surface area contributed by atoms with Crippen molar-refractivity contribution >= 4 is 23.2 Å². The molecule has 0 aromatic carbocycles. The van der Waals surface area contributed by atoms with Crippen molar-refractivity contribution < 1.29 is 20.1 Å². The topological polar surface area (TPSA) is 138 Å². The van der Waals surface area contributed by atoms with Crippen LogP contribution in [0.5, 0.6) is 0 Å². The Morgan fingerprint density at radius 2 is 2.00 bits per heavy atom. The summed E-state index contributed by atoms with van der Waals surface area (Å²) in [4.78, 5) is 12.7. The Balaban J connectivity index is 1.54. The molecule has 146 valence electrons. The number of nitrogens with zero attached hydrogens (tertiary/aromatic N) is 5. The zero-order chi connectivity index (χ0) is 18.8. The van der Waals surface area contributed by atoms with Gasteiger partial charge in [0.15, 0.2) is 23.2 Å². The van der Waals surface area contributed by atoms with Crippen LogP contribution in [-0.2, 0) is 4.74 Å². The zero-order valence-electron chi connectivity index (χ0n) is 14.8. The summed E-state index contributed by atoms with van der Waals surface area (Å²) in [5.41, 5.74) is 3.85. The minimum absolute atomic E-state index is 0.390. The van der Waals surface area contributed by atoms with Crippen molar-refractivity contribution in [3.8, 4) is 0 Å². The SMILES string of the molecule is OC[C@H]1O[C@@H](n2cnc3c(N/N=C/C4CCCCC4)ncnc32)C(O)[C@H]1O. The second kappa shape index (κ2) is 7.85. The van der Waals surface area contributed by atoms with Gasteiger partial charge in [0.1, 0.15) is 24.6 Å². The number of imidazole rings is 1. The molecule has 1 saturated heterocycles. The summed E-state index contributed by atoms with van der Waals surface area (Å²) in [6.45, 7) is -0.390. The molecule has 2 fully saturated rings. The smallest absolute Gasteiger partial charge is 0.177 e. The van der Waals surface area contributed by atoms with Gasteiger partial charge in [-0.3, -0.25) is 9.99 Å². The van der Waals surface area contributed by atoms with Crippen molar-refractivity contribution in [2.45, 2.75) is 56.6 Å². The molecule has 10 nitrogen and oxygen atoms in total. The van der Waals surface area contributed by atoms with Crippen LogP contribution in [0.3, 0.4) is 0 Å². The molecule has 4 rings (SSSR count). The molecule has 27 heavy (non-hydrogen) atoms. The summed E-state index contributed by atoms with van der Waals surface area (Å²) in [6, 6.07) is 0. The molecule has 0 radical (unpaired) electrons. The highest BCUT2D eigenvalue weighted by Gasteiger charge is 2.44. The number of hydrogen-bond acceptors (Lipinski definition) is 9. The lowest BCUT2D eigenvalue weighted by atomic mass is 9.90. The number of hydrogen-bond donors (Lipinski definition) is 4. The third kappa shape index (κ3) is 3.53. The number of hydrazone groups is 1. The fourth-order valence-corrected chi connectivity index (χ4v) is 3.72. The molecule has 4 atom stereocenters. The van der Waals surface area contributed by atoms with Crippen molar-refractivity contribution in [1.82, 2.24) is 19.5 Å². The Labute approximate surface area is 155 Å². The van der Waals surface area contributed by atoms with Gasteiger partial charge in [-0.2, -0.15) is 5.10 Å². The van der Waals surface area contributed by atoms with Gasteiger partial charge in [0, 0.05) is 6.21 Å². The summed E-state index contributed by atoms with van der Waals surface area (Å²) in [6.07, 6.45) is 6.72. The van der Waals surface area contributed by atoms with E-state index in [9.17, 15) is 15.3 Å². The first-order valence-corrected chi connectivity index (χ1v) is 9.28. The van der Waals surface area contributed by atoms with Crippen LogP contribution in [0.4, 0.5) is 5.82 Å². The number of ether oxygens (including phenoxy) is 1. The number of aliphatic hydroxyl groups excluding tert-OH is 3. The molecule has 2 aliphatic rings. The first-order valence-electron chi connectivity index (χ1n) is 9.28. The molecule has 10 heteroatoms. The van der Waals surface area contributed by atoms with Gasteiger partial charge in [-0.05, 0) is 18.8 Å². The van der Waals surface area contributed by atoms with Crippen LogP contribution >= 0.6 is 0 Å². The lowest BCUT2D eigenvalue weighted by molar-refractivity contribution is -0.0511. The second-order valence-corrected chi connectivity index (χ2v) is 7.06. The third-order valence-corrected chi connectivity index (χ3v) is 5.26. The lowest BCUT2D eigenvalue weighted by Gasteiger charge is -2.17. The van der Waals surface area contributed by atoms with Gasteiger partial charge in [0.25, 0.3) is 0 Å². The van der Waals surface area contributed by atoms with E-state index in [2.05, 4.69) is 25.5 Å². The Kier molecular flexibility index (Phi) is 5.30. The molecule has 1 aliphatic heterocycles. The average molecular weight is 376 g/mol. The molecular formula is C17H24N6O4. The molecule has 0 amide bonds. The molecule has 0 bridgehead atoms. The maximum atomic E-state index is 10.2. The molecule has 0 spiro atoms. The molecular weight excluding hydrogens is 352 g/mol. The molecule has 1 saturated carbocycles. The number of anilines is 1. The van der Waals surface area contributed by atoms with Gasteiger partial charge in [0.05, 0.1) is 12.9 Å². The highest BCUT2D eigenvalue weighted by Crippen LogP contribution is 2.32. The van der Waals surface area contributed by atoms with E-state index >= 15 is 0 Å². The van der Waals surface area contributed by atoms with Crippen LogP contribution in [0.25, 0.3) is 11.2 Å². The number of aliphatic hydroxyl groups is 3. The zero-order valence-corrected chi connectivity index (χ0v) is 14.8. The first kappa shape index (κ1) is 18.2. The summed E-state index contributed by atoms with van der Waals surface area (Å²) in [7, 11) is 0. The predicted octanol–water partition coefficient (Wildman–Crippen LogP) is 0.416. The predicted molar refractivity (Wildman–Crippen MR) is 97.0 cm³/mol. The standard InChI is InChI=1S/C17H24N6O4/c24-7-11-13(25)14(26)17(27-11)23-9-20-12-15(18-8-19-16(12)23)22-21-6-10-4-2-1-3-5-10/h6,8-11,13-14,17,24-26H,1-5,7H2,(H,18,19,22)/b21-6+/t11-,13+,14?,17-/m1/s1. The van der Waals surface area contributed by atoms with Crippen LogP contribution in [0.15, 0.2) is 17.8 Å². The van der Waals surface area contributed by atoms with Crippen LogP contribution in [0.2, 0.25) is 0 Å². The van der Waals surface area contributed by atoms with Crippen molar-refractivity contribution in [3.05, 3.63) is 12.7 Å². The van der Waals surface area contributed by atoms with Crippen LogP contribution in [0.1, 0.15) is 38.3 Å². The Morgan fingerprint density at radius 3 is 2.74 bits per heavy atom. The van der Waals surface area contributed by atoms with Crippen LogP contribution < -0.4 is 5.43 Å². The molecule has 2 aromatic rings. The Bertz CT molecular complexity index is 806. The van der Waals surface area contributed by atoms with E-state index < -0.39 is 24.5 Å². The molecule has 1 unspecified atom stereocenters. The van der Waals surface area contributed by atoms with E-state index in [-0.39, 0.29) is 6.61 Å². The molecule has 2 aromatic heterocycles. The fourth-order valence-electron chi connectivity index (χ4n) is 3.72. The second-order valence-electron chi connectivity index (χ2n) is 7.06. The minimum atomic E-state index is -1.20. The van der Waals surface area contributed by atoms with Gasteiger partial charge in [-0.15, -0.1) is 0 Å². The Morgan fingerprint density at radius 1 is 1.19 bits per heavy atom. The van der Waals surface area contributed by atoms with E-state index in [1.165, 1.54) is 36.5 Å². The van der Waals surface area contributed by atoms with Gasteiger partial charge in [-0.25, -0.2) is 15.0 Å². The van der Waals surface area contributed by atoms with Crippen molar-refractivity contribution in [1.29, 1.82) is 0 Å². The fraction of sp³-hybridized carbons (Fsp3) is 0.647. The maximum absolute atomic E-state index is 10.2. The van der Waals surface area contributed by atoms with Crippen LogP contribution in [-0.4, -0.2) is 66.0 Å². The van der Waals surface area contributed by atoms with Crippen molar-refractivity contribution in [2.75, 3.05) is 12.0 Å². The van der Waals surface area contributed by atoms with Gasteiger partial charge in [0.2, 0.25) is 0 Å². The first-order chi connectivity index (χ1) is 13.2. The van der Waals surface area contributed by atoms with E-state index in [0.717, 1.165) is 12.8 Å². The third-order valence-electron chi connectivity index (χ3n) is 5.26. The monoisotopic (exact) mass is 376 g/mol. The van der Waals surface area contributed by atoms with E-state index in [0.29, 0.717) is 22.9 Å². The minimum Gasteiger partial charge on any atom is -0.394 e. The highest BCUT2D eigenvalue weighted by molar-refractivity contribution is 5.83. The van der Waals surface area contributed by atoms with E-state index in [1.54, 1.807) is 0 Å². The summed E-state index contributed by atoms with van der Waals surface area (Å²) >= 11 is 0.